The predicted octanol–water partition coefficient (Wildman–Crippen LogP) is 2.95. The zero-order valence-electron chi connectivity index (χ0n) is 14.4. The Morgan fingerprint density at radius 2 is 1.72 bits per heavy atom. The van der Waals surface area contributed by atoms with Gasteiger partial charge in [-0.3, -0.25) is 14.4 Å². The maximum Gasteiger partial charge on any atom is 0.306 e. The fraction of sp³-hybridized carbons (Fsp3) is 0.526. The van der Waals surface area contributed by atoms with Crippen LogP contribution < -0.4 is 10.6 Å². The Balaban J connectivity index is 1.38. The number of esters is 1. The summed E-state index contributed by atoms with van der Waals surface area (Å²) < 4.78 is 5.11. The molecular formula is C19H24N2O4. The van der Waals surface area contributed by atoms with Crippen LogP contribution in [0.25, 0.3) is 0 Å². The number of rotatable bonds is 6. The molecule has 2 amide bonds. The van der Waals surface area contributed by atoms with Crippen LogP contribution in [0.3, 0.4) is 0 Å². The van der Waals surface area contributed by atoms with Crippen molar-refractivity contribution in [3.8, 4) is 0 Å². The number of amides is 2. The Bertz CT molecular complexity index is 656. The van der Waals surface area contributed by atoms with Crippen molar-refractivity contribution in [3.05, 3.63) is 24.3 Å². The van der Waals surface area contributed by atoms with E-state index in [1.54, 1.807) is 24.3 Å². The van der Waals surface area contributed by atoms with Crippen LogP contribution in [-0.4, -0.2) is 24.4 Å². The summed E-state index contributed by atoms with van der Waals surface area (Å²) in [5, 5.41) is 5.32. The third-order valence-electron chi connectivity index (χ3n) is 5.17. The predicted molar refractivity (Wildman–Crippen MR) is 93.9 cm³/mol. The summed E-state index contributed by atoms with van der Waals surface area (Å²) in [4.78, 5) is 34.8. The summed E-state index contributed by atoms with van der Waals surface area (Å²) in [6.07, 6.45) is 5.36. The second-order valence-electron chi connectivity index (χ2n) is 7.11. The molecule has 2 saturated carbocycles. The van der Waals surface area contributed by atoms with Gasteiger partial charge in [0.15, 0.2) is 6.61 Å². The first kappa shape index (κ1) is 17.5. The monoisotopic (exact) mass is 344 g/mol. The molecule has 2 aliphatic carbocycles. The van der Waals surface area contributed by atoms with Crippen LogP contribution in [0.4, 0.5) is 11.4 Å². The topological polar surface area (TPSA) is 84.5 Å². The summed E-state index contributed by atoms with van der Waals surface area (Å²) in [6.45, 7) is 1.16. The van der Waals surface area contributed by atoms with E-state index in [2.05, 4.69) is 10.6 Å². The molecule has 6 nitrogen and oxygen atoms in total. The third kappa shape index (κ3) is 4.81. The van der Waals surface area contributed by atoms with Gasteiger partial charge in [-0.1, -0.05) is 6.42 Å². The van der Waals surface area contributed by atoms with Gasteiger partial charge in [0.05, 0.1) is 0 Å². The molecule has 0 heterocycles. The van der Waals surface area contributed by atoms with E-state index in [1.807, 2.05) is 0 Å². The molecule has 0 saturated heterocycles. The number of carbonyl (C=O) groups is 3. The van der Waals surface area contributed by atoms with Crippen molar-refractivity contribution in [1.82, 2.24) is 0 Å². The maximum atomic E-state index is 11.9. The second kappa shape index (κ2) is 7.68. The van der Waals surface area contributed by atoms with E-state index in [0.717, 1.165) is 12.3 Å². The molecule has 2 aliphatic rings. The molecule has 0 unspecified atom stereocenters. The minimum atomic E-state index is -0.367. The van der Waals surface area contributed by atoms with Crippen LogP contribution in [0.2, 0.25) is 0 Å². The number of ether oxygens (including phenoxy) is 1. The van der Waals surface area contributed by atoms with Crippen molar-refractivity contribution in [2.75, 3.05) is 17.2 Å². The van der Waals surface area contributed by atoms with E-state index < -0.39 is 0 Å². The smallest absolute Gasteiger partial charge is 0.306 e. The lowest BCUT2D eigenvalue weighted by atomic mass is 9.86. The highest BCUT2D eigenvalue weighted by atomic mass is 16.5. The van der Waals surface area contributed by atoms with E-state index in [-0.39, 0.29) is 24.4 Å². The SMILES string of the molecule is CC(=O)Nc1ccc(NC(=O)COC(=O)C[C@@H]2C[C@@H]3CC[C@@H]2C3)cc1. The molecule has 3 rings (SSSR count). The van der Waals surface area contributed by atoms with Crippen LogP contribution in [-0.2, 0) is 19.1 Å². The van der Waals surface area contributed by atoms with Crippen molar-refractivity contribution in [2.45, 2.75) is 39.0 Å². The van der Waals surface area contributed by atoms with Crippen molar-refractivity contribution in [2.24, 2.45) is 17.8 Å². The van der Waals surface area contributed by atoms with Gasteiger partial charge >= 0.3 is 5.97 Å². The summed E-state index contributed by atoms with van der Waals surface area (Å²) in [5.74, 6) is 1.11. The first-order chi connectivity index (χ1) is 12.0. The molecule has 2 bridgehead atoms. The molecule has 2 N–H and O–H groups in total. The summed E-state index contributed by atoms with van der Waals surface area (Å²) >= 11 is 0. The van der Waals surface area contributed by atoms with Gasteiger partial charge in [-0.25, -0.2) is 0 Å². The number of nitrogens with one attached hydrogen (secondary N) is 2. The molecule has 3 atom stereocenters. The Labute approximate surface area is 147 Å². The van der Waals surface area contributed by atoms with Crippen LogP contribution in [0.15, 0.2) is 24.3 Å². The van der Waals surface area contributed by atoms with E-state index >= 15 is 0 Å². The second-order valence-corrected chi connectivity index (χ2v) is 7.11. The van der Waals surface area contributed by atoms with Gasteiger partial charge in [-0.15, -0.1) is 0 Å². The highest BCUT2D eigenvalue weighted by Gasteiger charge is 2.40. The van der Waals surface area contributed by atoms with Crippen molar-refractivity contribution in [3.63, 3.8) is 0 Å². The molecule has 0 aliphatic heterocycles. The summed E-state index contributed by atoms with van der Waals surface area (Å²) in [6, 6.07) is 6.75. The average Bonchev–Trinajstić information content (AvgIpc) is 3.17. The molecule has 1 aromatic carbocycles. The quantitative estimate of drug-likeness (QED) is 0.777. The van der Waals surface area contributed by atoms with Crippen LogP contribution >= 0.6 is 0 Å². The van der Waals surface area contributed by atoms with Gasteiger partial charge in [0.2, 0.25) is 5.91 Å². The van der Waals surface area contributed by atoms with Gasteiger partial charge in [-0.05, 0) is 61.3 Å². The molecule has 134 valence electrons. The number of hydrogen-bond acceptors (Lipinski definition) is 4. The molecule has 6 heteroatoms. The fourth-order valence-corrected chi connectivity index (χ4v) is 4.08. The van der Waals surface area contributed by atoms with Gasteiger partial charge in [0.25, 0.3) is 5.91 Å². The first-order valence-electron chi connectivity index (χ1n) is 8.82. The van der Waals surface area contributed by atoms with Gasteiger partial charge < -0.3 is 15.4 Å². The minimum Gasteiger partial charge on any atom is -0.456 e. The first-order valence-corrected chi connectivity index (χ1v) is 8.82. The van der Waals surface area contributed by atoms with Gasteiger partial charge in [0, 0.05) is 24.7 Å². The van der Waals surface area contributed by atoms with Crippen molar-refractivity contribution >= 4 is 29.2 Å². The molecule has 1 aromatic rings. The molecular weight excluding hydrogens is 320 g/mol. The third-order valence-corrected chi connectivity index (χ3v) is 5.17. The molecule has 0 spiro atoms. The Kier molecular flexibility index (Phi) is 5.36. The lowest BCUT2D eigenvalue weighted by molar-refractivity contribution is -0.148. The minimum absolute atomic E-state index is 0.154. The molecule has 0 radical (unpaired) electrons. The standard InChI is InChI=1S/C19H24N2O4/c1-12(22)20-16-4-6-17(7-5-16)21-18(23)11-25-19(24)10-15-9-13-2-3-14(15)8-13/h4-7,13-15H,2-3,8-11H2,1H3,(H,20,22)(H,21,23)/t13-,14-,15+/m1/s1. The molecule has 25 heavy (non-hydrogen) atoms. The number of carbonyl (C=O) groups excluding carboxylic acids is 3. The Morgan fingerprint density at radius 1 is 1.04 bits per heavy atom. The van der Waals surface area contributed by atoms with E-state index in [0.29, 0.717) is 29.6 Å². The van der Waals surface area contributed by atoms with E-state index in [1.165, 1.54) is 26.2 Å². The van der Waals surface area contributed by atoms with Crippen molar-refractivity contribution < 1.29 is 19.1 Å². The van der Waals surface area contributed by atoms with Crippen LogP contribution in [0.5, 0.6) is 0 Å². The zero-order valence-corrected chi connectivity index (χ0v) is 14.4. The van der Waals surface area contributed by atoms with E-state index in [9.17, 15) is 14.4 Å². The molecule has 2 fully saturated rings. The average molecular weight is 344 g/mol. The maximum absolute atomic E-state index is 11.9. The van der Waals surface area contributed by atoms with Gasteiger partial charge in [-0.2, -0.15) is 0 Å². The number of fused-ring (bicyclic) bond motifs is 2. The number of benzene rings is 1. The Hall–Kier alpha value is -2.37. The summed E-state index contributed by atoms with van der Waals surface area (Å²) in [7, 11) is 0. The zero-order chi connectivity index (χ0) is 17.8. The van der Waals surface area contributed by atoms with E-state index in [4.69, 9.17) is 4.74 Å². The Morgan fingerprint density at radius 3 is 2.28 bits per heavy atom. The molecule has 0 aromatic heterocycles. The number of hydrogen-bond donors (Lipinski definition) is 2. The normalized spacial score (nSPS) is 24.0. The highest BCUT2D eigenvalue weighted by molar-refractivity contribution is 5.93. The number of anilines is 2. The highest BCUT2D eigenvalue weighted by Crippen LogP contribution is 2.49. The largest absolute Gasteiger partial charge is 0.456 e. The summed E-state index contributed by atoms with van der Waals surface area (Å²) in [5.41, 5.74) is 1.24. The fourth-order valence-electron chi connectivity index (χ4n) is 4.08. The van der Waals surface area contributed by atoms with Crippen molar-refractivity contribution in [1.29, 1.82) is 0 Å². The lowest BCUT2D eigenvalue weighted by Crippen LogP contribution is -2.23. The van der Waals surface area contributed by atoms with Gasteiger partial charge in [0.1, 0.15) is 0 Å². The van der Waals surface area contributed by atoms with Crippen LogP contribution in [0.1, 0.15) is 39.0 Å². The van der Waals surface area contributed by atoms with Crippen LogP contribution in [0, 0.1) is 17.8 Å². The lowest BCUT2D eigenvalue weighted by Gasteiger charge is -2.20.